The molecule has 2 aliphatic carbocycles. The maximum Gasteiger partial charge on any atom is 0.394 e. The highest BCUT2D eigenvalue weighted by molar-refractivity contribution is 7.90. The van der Waals surface area contributed by atoms with E-state index in [4.69, 9.17) is 14.1 Å². The van der Waals surface area contributed by atoms with E-state index in [0.29, 0.717) is 24.8 Å². The summed E-state index contributed by atoms with van der Waals surface area (Å²) in [4.78, 5) is 20.6. The second-order valence-electron chi connectivity index (χ2n) is 15.6. The fourth-order valence-corrected chi connectivity index (χ4v) is 8.37. The molecule has 10 nitrogen and oxygen atoms in total. The summed E-state index contributed by atoms with van der Waals surface area (Å²) in [5.41, 5.74) is -2.05. The summed E-state index contributed by atoms with van der Waals surface area (Å²) in [7, 11) is -6.06. The van der Waals surface area contributed by atoms with Crippen LogP contribution in [0.2, 0.25) is 18.1 Å². The Morgan fingerprint density at radius 2 is 1.84 bits per heavy atom. The minimum Gasteiger partial charge on any atom is -0.477 e. The van der Waals surface area contributed by atoms with Crippen LogP contribution in [0.25, 0.3) is 5.82 Å². The van der Waals surface area contributed by atoms with Gasteiger partial charge in [-0.1, -0.05) is 45.1 Å². The van der Waals surface area contributed by atoms with Crippen molar-refractivity contribution in [2.24, 2.45) is 11.3 Å². The van der Waals surface area contributed by atoms with Gasteiger partial charge in [-0.3, -0.25) is 4.79 Å². The molecule has 0 bridgehead atoms. The molecule has 2 unspecified atom stereocenters. The molecule has 0 spiro atoms. The van der Waals surface area contributed by atoms with Gasteiger partial charge in [0.2, 0.25) is 15.9 Å². The average molecular weight is 724 g/mol. The SMILES string of the molecule is CC1(C)CC(CO[Si](C)(C)C(C)(C)C)CN1c1nc(-n2ccc(OCCC3(C(F)(F)F)CC3)n2)ccc1C(=O)NS(=O)(=O)C1C=CC=CC1. The number of allylic oxidation sites excluding steroid dienone is 3. The molecule has 1 saturated carbocycles. The van der Waals surface area contributed by atoms with Crippen LogP contribution >= 0.6 is 0 Å². The third-order valence-electron chi connectivity index (χ3n) is 10.5. The summed E-state index contributed by atoms with van der Waals surface area (Å²) in [6.45, 7) is 16.0. The van der Waals surface area contributed by atoms with Gasteiger partial charge in [-0.25, -0.2) is 22.8 Å². The molecule has 2 fully saturated rings. The molecule has 1 amide bonds. The van der Waals surface area contributed by atoms with E-state index in [1.807, 2.05) is 4.90 Å². The largest absolute Gasteiger partial charge is 0.477 e. The van der Waals surface area contributed by atoms with Crippen molar-refractivity contribution in [1.82, 2.24) is 19.5 Å². The van der Waals surface area contributed by atoms with Crippen LogP contribution in [0.5, 0.6) is 5.88 Å². The molecule has 3 heterocycles. The number of halogens is 3. The van der Waals surface area contributed by atoms with E-state index < -0.39 is 46.6 Å². The standard InChI is InChI=1S/C34H48F3N5O5SSi/c1-31(2,3)49(6,7)47-23-24-21-32(4,5)41(22-24)29-26(30(43)40-48(44,45)25-11-9-8-10-12-25)13-14-27(38-29)42-19-15-28(39-42)46-20-18-33(16-17-33)34(35,36)37/h8-11,13-15,19,24-25H,12,16-18,20-23H2,1-7H3,(H,40,43). The van der Waals surface area contributed by atoms with Gasteiger partial charge in [0.05, 0.1) is 17.6 Å². The maximum absolute atomic E-state index is 13.7. The van der Waals surface area contributed by atoms with E-state index in [9.17, 15) is 26.4 Å². The minimum atomic E-state index is -4.26. The molecule has 49 heavy (non-hydrogen) atoms. The van der Waals surface area contributed by atoms with Crippen molar-refractivity contribution in [3.05, 3.63) is 54.3 Å². The number of carbonyl (C=O) groups excluding carboxylic acids is 1. The van der Waals surface area contributed by atoms with Crippen LogP contribution in [-0.2, 0) is 14.4 Å². The van der Waals surface area contributed by atoms with Gasteiger partial charge in [-0.2, -0.15) is 13.2 Å². The van der Waals surface area contributed by atoms with Gasteiger partial charge in [0, 0.05) is 36.9 Å². The van der Waals surface area contributed by atoms with Gasteiger partial charge >= 0.3 is 6.18 Å². The van der Waals surface area contributed by atoms with E-state index in [-0.39, 0.29) is 54.7 Å². The van der Waals surface area contributed by atoms with Gasteiger partial charge in [0.25, 0.3) is 5.91 Å². The summed E-state index contributed by atoms with van der Waals surface area (Å²) in [6, 6.07) is 4.62. The van der Waals surface area contributed by atoms with Gasteiger partial charge < -0.3 is 14.1 Å². The number of pyridine rings is 1. The number of sulfonamides is 1. The van der Waals surface area contributed by atoms with Gasteiger partial charge in [0.15, 0.2) is 14.1 Å². The van der Waals surface area contributed by atoms with Gasteiger partial charge in [0.1, 0.15) is 11.1 Å². The maximum atomic E-state index is 13.7. The number of hydrogen-bond acceptors (Lipinski definition) is 8. The molecular formula is C34H48F3N5O5SSi. The van der Waals surface area contributed by atoms with Crippen molar-refractivity contribution >= 4 is 30.1 Å². The number of nitrogens with zero attached hydrogens (tertiary/aromatic N) is 4. The number of aromatic nitrogens is 3. The van der Waals surface area contributed by atoms with Crippen LogP contribution in [0, 0.1) is 11.3 Å². The summed E-state index contributed by atoms with van der Waals surface area (Å²) in [5, 5.41) is 3.54. The Bertz CT molecular complexity index is 1710. The number of rotatable bonds is 12. The third kappa shape index (κ3) is 8.09. The number of alkyl halides is 3. The normalized spacial score (nSPS) is 22.0. The van der Waals surface area contributed by atoms with Crippen molar-refractivity contribution in [2.45, 2.75) is 102 Å². The Hall–Kier alpha value is -3.17. The molecule has 0 radical (unpaired) electrons. The highest BCUT2D eigenvalue weighted by atomic mass is 32.2. The molecule has 1 aliphatic heterocycles. The molecular weight excluding hydrogens is 676 g/mol. The number of ether oxygens (including phenoxy) is 1. The second kappa shape index (κ2) is 13.2. The fourth-order valence-electron chi connectivity index (χ4n) is 6.10. The van der Waals surface area contributed by atoms with Gasteiger partial charge in [-0.05, 0) is 76.2 Å². The van der Waals surface area contributed by atoms with E-state index >= 15 is 0 Å². The zero-order chi connectivity index (χ0) is 36.0. The summed E-state index contributed by atoms with van der Waals surface area (Å²) in [5.74, 6) is 0.105. The summed E-state index contributed by atoms with van der Waals surface area (Å²) in [6.07, 6.45) is 5.06. The van der Waals surface area contributed by atoms with Crippen LogP contribution in [0.15, 0.2) is 48.7 Å². The van der Waals surface area contributed by atoms with Crippen molar-refractivity contribution < 1.29 is 35.5 Å². The summed E-state index contributed by atoms with van der Waals surface area (Å²) < 4.78 is 82.3. The first-order valence-corrected chi connectivity index (χ1v) is 21.2. The highest BCUT2D eigenvalue weighted by Crippen LogP contribution is 2.59. The molecule has 270 valence electrons. The smallest absolute Gasteiger partial charge is 0.394 e. The lowest BCUT2D eigenvalue weighted by molar-refractivity contribution is -0.190. The molecule has 3 aliphatic rings. The molecule has 1 saturated heterocycles. The quantitative estimate of drug-likeness (QED) is 0.234. The van der Waals surface area contributed by atoms with Crippen molar-refractivity contribution in [3.63, 3.8) is 0 Å². The first-order valence-electron chi connectivity index (χ1n) is 16.7. The molecule has 2 aromatic heterocycles. The Kier molecular flexibility index (Phi) is 9.98. The van der Waals surface area contributed by atoms with Crippen molar-refractivity contribution in [1.29, 1.82) is 0 Å². The van der Waals surface area contributed by atoms with Crippen molar-refractivity contribution in [3.8, 4) is 11.7 Å². The first kappa shape index (κ1) is 37.1. The van der Waals surface area contributed by atoms with E-state index in [2.05, 4.69) is 57.5 Å². The monoisotopic (exact) mass is 723 g/mol. The average Bonchev–Trinajstić information content (AvgIpc) is 3.55. The van der Waals surface area contributed by atoms with Gasteiger partial charge in [-0.15, -0.1) is 5.10 Å². The molecule has 1 N–H and O–H groups in total. The second-order valence-corrected chi connectivity index (χ2v) is 22.4. The zero-order valence-corrected chi connectivity index (χ0v) is 31.1. The lowest BCUT2D eigenvalue weighted by atomic mass is 9.97. The molecule has 5 rings (SSSR count). The van der Waals surface area contributed by atoms with Crippen LogP contribution in [0.4, 0.5) is 19.0 Å². The minimum absolute atomic E-state index is 0.0424. The topological polar surface area (TPSA) is 116 Å². The van der Waals surface area contributed by atoms with Crippen molar-refractivity contribution in [2.75, 3.05) is 24.7 Å². The predicted octanol–water partition coefficient (Wildman–Crippen LogP) is 6.95. The predicted molar refractivity (Wildman–Crippen MR) is 185 cm³/mol. The Morgan fingerprint density at radius 1 is 1.12 bits per heavy atom. The highest BCUT2D eigenvalue weighted by Gasteiger charge is 2.62. The lowest BCUT2D eigenvalue weighted by Crippen LogP contribution is -2.42. The van der Waals surface area contributed by atoms with Crippen LogP contribution in [-0.4, -0.2) is 74.1 Å². The van der Waals surface area contributed by atoms with Crippen LogP contribution in [0.3, 0.4) is 0 Å². The number of nitrogens with one attached hydrogen (secondary N) is 1. The van der Waals surface area contributed by atoms with E-state index in [1.54, 1.807) is 42.6 Å². The molecule has 2 atom stereocenters. The number of carbonyl (C=O) groups is 1. The molecule has 15 heteroatoms. The van der Waals surface area contributed by atoms with Crippen LogP contribution < -0.4 is 14.4 Å². The Labute approximate surface area is 288 Å². The Morgan fingerprint density at radius 3 is 2.45 bits per heavy atom. The molecule has 2 aromatic rings. The fraction of sp³-hybridized carbons (Fsp3) is 0.618. The number of hydrogen-bond donors (Lipinski definition) is 1. The number of anilines is 1. The third-order valence-corrected chi connectivity index (χ3v) is 16.6. The molecule has 0 aromatic carbocycles. The van der Waals surface area contributed by atoms with Crippen LogP contribution in [0.1, 0.15) is 77.1 Å². The lowest BCUT2D eigenvalue weighted by Gasteiger charge is -2.37. The van der Waals surface area contributed by atoms with E-state index in [0.717, 1.165) is 6.42 Å². The first-order chi connectivity index (χ1) is 22.6. The van der Waals surface area contributed by atoms with E-state index in [1.165, 1.54) is 10.7 Å². The summed E-state index contributed by atoms with van der Waals surface area (Å²) >= 11 is 0. The number of amides is 1. The zero-order valence-electron chi connectivity index (χ0n) is 29.3. The Balaban J connectivity index is 1.41.